The summed E-state index contributed by atoms with van der Waals surface area (Å²) in [4.78, 5) is 11.5. The molecule has 0 N–H and O–H groups in total. The maximum absolute atomic E-state index is 11.5. The van der Waals surface area contributed by atoms with Crippen LogP contribution < -0.4 is 14.9 Å². The van der Waals surface area contributed by atoms with Gasteiger partial charge in [0.1, 0.15) is 23.7 Å². The van der Waals surface area contributed by atoms with Crippen LogP contribution in [0.4, 0.5) is 0 Å². The standard InChI is InChI=1S/C25H29N2O5P/c1-18(2)27(19(3)4)33(30-14-6-13-26)32-23-8-5-7-22(16-23)29-17-20-9-10-21-11-12-25(28)31-24(21)15-20/h5,7-12,15-16,18-19H,6,14,17H2,1-4H3. The molecule has 8 heteroatoms. The number of benzene rings is 2. The van der Waals surface area contributed by atoms with Gasteiger partial charge in [-0.25, -0.2) is 9.46 Å². The van der Waals surface area contributed by atoms with Crippen LogP contribution >= 0.6 is 8.53 Å². The predicted octanol–water partition coefficient (Wildman–Crippen LogP) is 6.03. The first-order chi connectivity index (χ1) is 15.9. The number of hydrogen-bond donors (Lipinski definition) is 0. The summed E-state index contributed by atoms with van der Waals surface area (Å²) in [5.41, 5.74) is 1.04. The first-order valence-electron chi connectivity index (χ1n) is 10.9. The Bertz CT molecular complexity index is 1150. The second kappa shape index (κ2) is 11.8. The molecule has 0 amide bonds. The molecule has 1 aromatic heterocycles. The molecule has 2 aromatic carbocycles. The quantitative estimate of drug-likeness (QED) is 0.193. The van der Waals surface area contributed by atoms with Crippen LogP contribution in [-0.2, 0) is 11.1 Å². The maximum atomic E-state index is 11.5. The van der Waals surface area contributed by atoms with Crippen LogP contribution in [0.3, 0.4) is 0 Å². The Balaban J connectivity index is 1.71. The van der Waals surface area contributed by atoms with Gasteiger partial charge in [0.25, 0.3) is 0 Å². The van der Waals surface area contributed by atoms with Crippen molar-refractivity contribution in [3.63, 3.8) is 0 Å². The Labute approximate surface area is 195 Å². The van der Waals surface area contributed by atoms with Gasteiger partial charge in [0.2, 0.25) is 0 Å². The molecule has 33 heavy (non-hydrogen) atoms. The second-order valence-corrected chi connectivity index (χ2v) is 9.41. The van der Waals surface area contributed by atoms with E-state index in [9.17, 15) is 4.79 Å². The third-order valence-corrected chi connectivity index (χ3v) is 6.82. The summed E-state index contributed by atoms with van der Waals surface area (Å²) >= 11 is 0. The number of hydrogen-bond acceptors (Lipinski definition) is 7. The summed E-state index contributed by atoms with van der Waals surface area (Å²) in [5, 5.41) is 9.73. The Morgan fingerprint density at radius 2 is 1.76 bits per heavy atom. The lowest BCUT2D eigenvalue weighted by Gasteiger charge is -2.35. The van der Waals surface area contributed by atoms with Gasteiger partial charge in [-0.2, -0.15) is 5.26 Å². The fraction of sp³-hybridized carbons (Fsp3) is 0.360. The molecular weight excluding hydrogens is 439 g/mol. The predicted molar refractivity (Wildman–Crippen MR) is 129 cm³/mol. The molecule has 0 radical (unpaired) electrons. The lowest BCUT2D eigenvalue weighted by atomic mass is 10.1. The molecule has 7 nitrogen and oxygen atoms in total. The maximum Gasteiger partial charge on any atom is 0.336 e. The van der Waals surface area contributed by atoms with E-state index in [0.717, 1.165) is 10.9 Å². The molecule has 1 atom stereocenters. The van der Waals surface area contributed by atoms with E-state index < -0.39 is 8.53 Å². The van der Waals surface area contributed by atoms with E-state index in [2.05, 4.69) is 38.4 Å². The van der Waals surface area contributed by atoms with Crippen LogP contribution in [0, 0.1) is 11.3 Å². The average molecular weight is 468 g/mol. The van der Waals surface area contributed by atoms with Gasteiger partial charge >= 0.3 is 14.2 Å². The highest BCUT2D eigenvalue weighted by molar-refractivity contribution is 7.45. The van der Waals surface area contributed by atoms with Crippen LogP contribution in [-0.4, -0.2) is 23.4 Å². The van der Waals surface area contributed by atoms with Crippen molar-refractivity contribution in [3.05, 3.63) is 70.6 Å². The van der Waals surface area contributed by atoms with Gasteiger partial charge in [0.05, 0.1) is 19.1 Å². The van der Waals surface area contributed by atoms with E-state index in [1.54, 1.807) is 6.07 Å². The zero-order chi connectivity index (χ0) is 23.8. The van der Waals surface area contributed by atoms with Gasteiger partial charge in [-0.05, 0) is 57.5 Å². The Kier molecular flexibility index (Phi) is 8.85. The molecule has 0 aliphatic carbocycles. The minimum Gasteiger partial charge on any atom is -0.489 e. The largest absolute Gasteiger partial charge is 0.489 e. The van der Waals surface area contributed by atoms with Gasteiger partial charge in [-0.1, -0.05) is 18.2 Å². The van der Waals surface area contributed by atoms with E-state index >= 15 is 0 Å². The van der Waals surface area contributed by atoms with E-state index in [-0.39, 0.29) is 17.7 Å². The van der Waals surface area contributed by atoms with Crippen molar-refractivity contribution >= 4 is 19.5 Å². The Morgan fingerprint density at radius 3 is 2.48 bits per heavy atom. The highest BCUT2D eigenvalue weighted by atomic mass is 31.2. The Hall–Kier alpha value is -2.91. The van der Waals surface area contributed by atoms with Crippen molar-refractivity contribution in [2.75, 3.05) is 6.61 Å². The summed E-state index contributed by atoms with van der Waals surface area (Å²) < 4.78 is 25.6. The molecule has 0 aliphatic rings. The highest BCUT2D eigenvalue weighted by Gasteiger charge is 2.28. The van der Waals surface area contributed by atoms with Gasteiger partial charge in [-0.15, -0.1) is 0 Å². The van der Waals surface area contributed by atoms with Gasteiger partial charge in [0, 0.05) is 29.6 Å². The van der Waals surface area contributed by atoms with Crippen molar-refractivity contribution in [1.82, 2.24) is 4.67 Å². The van der Waals surface area contributed by atoms with Crippen LogP contribution in [0.5, 0.6) is 11.5 Å². The first-order valence-corrected chi connectivity index (χ1v) is 12.0. The fourth-order valence-electron chi connectivity index (χ4n) is 3.36. The van der Waals surface area contributed by atoms with E-state index in [0.29, 0.717) is 36.7 Å². The number of nitrogens with zero attached hydrogens (tertiary/aromatic N) is 2. The topological polar surface area (TPSA) is 84.9 Å². The SMILES string of the molecule is CC(C)N(C(C)C)P(OCCC#N)Oc1cccc(OCc2ccc3ccc(=O)oc3c2)c1. The molecule has 1 heterocycles. The number of rotatable bonds is 11. The molecule has 1 unspecified atom stereocenters. The minimum atomic E-state index is -1.39. The minimum absolute atomic E-state index is 0.214. The normalized spacial score (nSPS) is 12.3. The molecule has 3 rings (SSSR count). The molecule has 3 aromatic rings. The summed E-state index contributed by atoms with van der Waals surface area (Å²) in [5.74, 6) is 1.28. The molecule has 0 saturated heterocycles. The molecular formula is C25H29N2O5P. The second-order valence-electron chi connectivity index (χ2n) is 8.03. The molecule has 0 aliphatic heterocycles. The summed E-state index contributed by atoms with van der Waals surface area (Å²) in [7, 11) is -1.39. The zero-order valence-corrected chi connectivity index (χ0v) is 20.2. The molecule has 0 saturated carbocycles. The van der Waals surface area contributed by atoms with Crippen molar-refractivity contribution in [1.29, 1.82) is 5.26 Å². The zero-order valence-electron chi connectivity index (χ0n) is 19.4. The van der Waals surface area contributed by atoms with Gasteiger partial charge in [-0.3, -0.25) is 0 Å². The van der Waals surface area contributed by atoms with Gasteiger partial charge < -0.3 is 18.2 Å². The molecule has 0 spiro atoms. The van der Waals surface area contributed by atoms with E-state index in [1.807, 2.05) is 42.5 Å². The smallest absolute Gasteiger partial charge is 0.336 e. The van der Waals surface area contributed by atoms with Crippen LogP contribution in [0.25, 0.3) is 11.0 Å². The van der Waals surface area contributed by atoms with Crippen molar-refractivity contribution < 1.29 is 18.2 Å². The molecule has 0 fully saturated rings. The van der Waals surface area contributed by atoms with Crippen molar-refractivity contribution in [3.8, 4) is 17.6 Å². The third kappa shape index (κ3) is 7.03. The fourth-order valence-corrected chi connectivity index (χ4v) is 4.93. The number of ether oxygens (including phenoxy) is 1. The van der Waals surface area contributed by atoms with Crippen molar-refractivity contribution in [2.24, 2.45) is 0 Å². The first kappa shape index (κ1) is 24.7. The summed E-state index contributed by atoms with van der Waals surface area (Å²) in [6.45, 7) is 9.01. The van der Waals surface area contributed by atoms with E-state index in [4.69, 9.17) is 23.5 Å². The summed E-state index contributed by atoms with van der Waals surface area (Å²) in [6, 6.07) is 18.7. The van der Waals surface area contributed by atoms with Crippen LogP contribution in [0.15, 0.2) is 63.8 Å². The number of fused-ring (bicyclic) bond motifs is 1. The van der Waals surface area contributed by atoms with Crippen LogP contribution in [0.1, 0.15) is 39.7 Å². The monoisotopic (exact) mass is 468 g/mol. The lowest BCUT2D eigenvalue weighted by Crippen LogP contribution is -2.34. The average Bonchev–Trinajstić information content (AvgIpc) is 2.77. The van der Waals surface area contributed by atoms with E-state index in [1.165, 1.54) is 6.07 Å². The molecule has 174 valence electrons. The highest BCUT2D eigenvalue weighted by Crippen LogP contribution is 2.46. The summed E-state index contributed by atoms with van der Waals surface area (Å²) in [6.07, 6.45) is 0.307. The lowest BCUT2D eigenvalue weighted by molar-refractivity contribution is 0.219. The molecule has 0 bridgehead atoms. The van der Waals surface area contributed by atoms with Crippen LogP contribution in [0.2, 0.25) is 0 Å². The number of nitriles is 1. The van der Waals surface area contributed by atoms with Crippen molar-refractivity contribution in [2.45, 2.75) is 52.8 Å². The Morgan fingerprint density at radius 1 is 1.03 bits per heavy atom. The third-order valence-electron chi connectivity index (χ3n) is 4.74. The van der Waals surface area contributed by atoms with Gasteiger partial charge in [0.15, 0.2) is 0 Å².